The van der Waals surface area contributed by atoms with Crippen LogP contribution in [0.15, 0.2) is 72.8 Å². The van der Waals surface area contributed by atoms with Crippen molar-refractivity contribution in [2.24, 2.45) is 22.6 Å². The SMILES string of the molecule is C=CC(=O)N1CN(C(=O)C=C)CN(C(=O)CCSCC(=O)N[C@H](C(=O)N[C@@H](CCCNC(N)=O)C(=O)Nc2ccc(COC(=O)N=CC3C[C@H](O[C@H]4C[C@](O)(C(C)=O)Cc5c(O)c6c(c(O)c54)C(=O)c4c(OC)cccc4C6O)O[C@@H](C)[C@H]3O)cc2)C(C)C)C1. The molecule has 0 saturated carbocycles. The smallest absolute Gasteiger partial charge is 0.433 e. The summed E-state index contributed by atoms with van der Waals surface area (Å²) in [7, 11) is 1.33. The van der Waals surface area contributed by atoms with Crippen LogP contribution in [0.5, 0.6) is 17.2 Å². The zero-order valence-corrected chi connectivity index (χ0v) is 51.1. The Kier molecular flexibility index (Phi) is 23.1. The Bertz CT molecular complexity index is 3300. The van der Waals surface area contributed by atoms with Crippen LogP contribution in [0.2, 0.25) is 0 Å². The van der Waals surface area contributed by atoms with Gasteiger partial charge in [-0.05, 0) is 68.5 Å². The number of methoxy groups -OCH3 is 1. The summed E-state index contributed by atoms with van der Waals surface area (Å²) < 4.78 is 23.1. The lowest BCUT2D eigenvalue weighted by molar-refractivity contribution is -0.249. The second kappa shape index (κ2) is 30.2. The molecule has 2 unspecified atom stereocenters. The molecule has 28 nitrogen and oxygen atoms in total. The Hall–Kier alpha value is -8.74. The standard InChI is InChI=1S/C61H75N9O19S/c1-8-43(73)68-28-69(44(74)9-2)30-70(29-68)45(75)19-21-90-27-42(72)67-51(31(3)4)58(82)66-39(13-11-20-63-59(62)83)57(81)65-36-17-15-34(16-18-36)26-87-60(84)64-25-35-22-46(88-32(5)52(35)76)89-41-24-61(85,33(6)71)23-38-48(41)56(80)50-49(54(38)78)53(77)37-12-10-14-40(86-7)47(37)55(50)79/h8-10,12,14-18,25,31-32,35,39,41,46,51-53,76-78,80,85H,1-2,11,13,19-24,26-30H2,3-7H3,(H,65,81)(H,66,82)(H,67,72)(H3,62,63,83)/t32-,35?,39-,41-,46-,51-,52+,53?,61-/m0/s1. The average molecular weight is 1270 g/mol. The molecule has 29 heteroatoms. The van der Waals surface area contributed by atoms with Gasteiger partial charge in [-0.15, -0.1) is 0 Å². The number of hydrogen-bond acceptors (Lipinski definition) is 20. The number of aliphatic hydroxyl groups is 3. The molecule has 2 heterocycles. The fourth-order valence-corrected chi connectivity index (χ4v) is 11.7. The number of rotatable bonds is 24. The number of nitrogens with two attached hydrogens (primary N) is 1. The van der Waals surface area contributed by atoms with Crippen molar-refractivity contribution in [3.8, 4) is 17.2 Å². The van der Waals surface area contributed by atoms with E-state index in [1.165, 1.54) is 59.1 Å². The minimum absolute atomic E-state index is 0.0306. The van der Waals surface area contributed by atoms with Gasteiger partial charge < -0.3 is 86.2 Å². The number of hydrogen-bond donors (Lipinski definition) is 10. The van der Waals surface area contributed by atoms with Crippen LogP contribution in [0, 0.1) is 11.8 Å². The van der Waals surface area contributed by atoms with Crippen LogP contribution in [0.4, 0.5) is 15.3 Å². The van der Waals surface area contributed by atoms with Gasteiger partial charge in [0.05, 0.1) is 62.3 Å². The Labute approximate surface area is 522 Å². The van der Waals surface area contributed by atoms with Gasteiger partial charge in [-0.1, -0.05) is 51.3 Å². The monoisotopic (exact) mass is 1270 g/mol. The third kappa shape index (κ3) is 16.2. The number of anilines is 1. The number of nitrogens with zero attached hydrogens (tertiary/aromatic N) is 4. The van der Waals surface area contributed by atoms with Gasteiger partial charge in [0.15, 0.2) is 12.1 Å². The summed E-state index contributed by atoms with van der Waals surface area (Å²) in [5.74, 6) is -7.15. The Balaban J connectivity index is 0.932. The largest absolute Gasteiger partial charge is 0.507 e. The summed E-state index contributed by atoms with van der Waals surface area (Å²) in [6.45, 7) is 12.6. The van der Waals surface area contributed by atoms with Gasteiger partial charge >= 0.3 is 12.1 Å². The van der Waals surface area contributed by atoms with Gasteiger partial charge in [-0.2, -0.15) is 16.8 Å². The van der Waals surface area contributed by atoms with Gasteiger partial charge in [0.25, 0.3) is 0 Å². The second-order valence-electron chi connectivity index (χ2n) is 22.4. The van der Waals surface area contributed by atoms with Crippen molar-refractivity contribution >= 4 is 82.8 Å². The number of fused-ring (bicyclic) bond motifs is 3. The van der Waals surface area contributed by atoms with E-state index in [-0.39, 0.29) is 116 Å². The molecule has 7 rings (SSSR count). The zero-order chi connectivity index (χ0) is 65.9. The van der Waals surface area contributed by atoms with E-state index in [1.807, 2.05) is 0 Å². The third-order valence-corrected chi connectivity index (χ3v) is 16.8. The fourth-order valence-electron chi connectivity index (χ4n) is 10.9. The molecular weight excluding hydrogens is 1190 g/mol. The molecule has 9 amide bonds. The van der Waals surface area contributed by atoms with E-state index in [0.29, 0.717) is 5.56 Å². The van der Waals surface area contributed by atoms with Crippen molar-refractivity contribution in [3.63, 3.8) is 0 Å². The first-order valence-electron chi connectivity index (χ1n) is 28.8. The molecule has 2 saturated heterocycles. The molecule has 0 radical (unpaired) electrons. The highest BCUT2D eigenvalue weighted by molar-refractivity contribution is 7.99. The topological polar surface area (TPSA) is 405 Å². The van der Waals surface area contributed by atoms with E-state index >= 15 is 0 Å². The zero-order valence-electron chi connectivity index (χ0n) is 50.3. The lowest BCUT2D eigenvalue weighted by Gasteiger charge is -2.42. The molecule has 90 heavy (non-hydrogen) atoms. The summed E-state index contributed by atoms with van der Waals surface area (Å²) in [5, 5.41) is 68.6. The van der Waals surface area contributed by atoms with Crippen molar-refractivity contribution in [2.75, 3.05) is 50.5 Å². The number of aromatic hydroxyl groups is 2. The third-order valence-electron chi connectivity index (χ3n) is 15.8. The molecule has 2 aliphatic heterocycles. The summed E-state index contributed by atoms with van der Waals surface area (Å²) in [6, 6.07) is 7.55. The molecule has 4 aliphatic rings. The van der Waals surface area contributed by atoms with E-state index in [2.05, 4.69) is 39.4 Å². The molecule has 0 spiro atoms. The lowest BCUT2D eigenvalue weighted by atomic mass is 9.71. The summed E-state index contributed by atoms with van der Waals surface area (Å²) >= 11 is 1.12. The van der Waals surface area contributed by atoms with Gasteiger partial charge in [0.2, 0.25) is 41.2 Å². The van der Waals surface area contributed by atoms with Crippen LogP contribution in [-0.2, 0) is 60.8 Å². The molecule has 2 aliphatic carbocycles. The normalized spacial score (nSPS) is 21.8. The lowest BCUT2D eigenvalue weighted by Crippen LogP contribution is -2.59. The number of urea groups is 1. The van der Waals surface area contributed by atoms with Gasteiger partial charge in [0, 0.05) is 78.1 Å². The number of aliphatic hydroxyl groups excluding tert-OH is 2. The number of carbonyl (C=O) groups excluding carboxylic acids is 10. The van der Waals surface area contributed by atoms with Gasteiger partial charge in [-0.3, -0.25) is 38.4 Å². The maximum Gasteiger partial charge on any atom is 0.433 e. The van der Waals surface area contributed by atoms with Crippen LogP contribution >= 0.6 is 11.8 Å². The highest BCUT2D eigenvalue weighted by Gasteiger charge is 2.50. The van der Waals surface area contributed by atoms with Gasteiger partial charge in [-0.25, -0.2) is 9.59 Å². The Morgan fingerprint density at radius 2 is 1.58 bits per heavy atom. The number of Topliss-reactive ketones (excluding diaryl/α,β-unsaturated/α-hetero) is 1. The predicted molar refractivity (Wildman–Crippen MR) is 323 cm³/mol. The number of primary amides is 1. The number of amides is 9. The number of thioether (sulfide) groups is 1. The molecule has 484 valence electrons. The minimum Gasteiger partial charge on any atom is -0.507 e. The van der Waals surface area contributed by atoms with Crippen molar-refractivity contribution in [1.82, 2.24) is 30.7 Å². The number of ketones is 2. The number of carbonyl (C=O) groups is 10. The maximum atomic E-state index is 14.1. The summed E-state index contributed by atoms with van der Waals surface area (Å²) in [6.07, 6.45) is -5.16. The number of phenolic OH excluding ortho intramolecular Hbond substituents is 2. The van der Waals surface area contributed by atoms with E-state index in [9.17, 15) is 73.5 Å². The molecule has 2 fully saturated rings. The second-order valence-corrected chi connectivity index (χ2v) is 23.5. The number of benzene rings is 3. The summed E-state index contributed by atoms with van der Waals surface area (Å²) in [5.41, 5.74) is 2.84. The van der Waals surface area contributed by atoms with Crippen molar-refractivity contribution in [2.45, 2.75) is 121 Å². The molecule has 0 aromatic heterocycles. The maximum absolute atomic E-state index is 14.1. The number of aliphatic imine (C=N–C) groups is 1. The predicted octanol–water partition coefficient (Wildman–Crippen LogP) is 2.46. The van der Waals surface area contributed by atoms with Crippen LogP contribution < -0.4 is 31.7 Å². The number of phenols is 2. The first kappa shape index (κ1) is 68.7. The average Bonchev–Trinajstić information content (AvgIpc) is 0.714. The highest BCUT2D eigenvalue weighted by Crippen LogP contribution is 2.55. The van der Waals surface area contributed by atoms with Crippen LogP contribution in [0.3, 0.4) is 0 Å². The molecule has 9 atom stereocenters. The number of nitrogens with one attached hydrogen (secondary N) is 4. The fraction of sp³-hybridized carbons (Fsp3) is 0.459. The van der Waals surface area contributed by atoms with Crippen LogP contribution in [-0.4, -0.2) is 187 Å². The summed E-state index contributed by atoms with van der Waals surface area (Å²) in [4.78, 5) is 138. The minimum atomic E-state index is -2.15. The van der Waals surface area contributed by atoms with Crippen LogP contribution in [0.1, 0.15) is 116 Å². The first-order valence-corrected chi connectivity index (χ1v) is 30.0. The molecule has 0 bridgehead atoms. The molecule has 3 aromatic rings. The van der Waals surface area contributed by atoms with Crippen molar-refractivity contribution in [3.05, 3.63) is 107 Å². The van der Waals surface area contributed by atoms with E-state index in [1.54, 1.807) is 26.0 Å². The van der Waals surface area contributed by atoms with E-state index in [4.69, 9.17) is 24.7 Å². The van der Waals surface area contributed by atoms with Crippen molar-refractivity contribution in [1.29, 1.82) is 0 Å². The van der Waals surface area contributed by atoms with E-state index < -0.39 is 143 Å². The quantitative estimate of drug-likeness (QED) is 0.0266. The van der Waals surface area contributed by atoms with Gasteiger partial charge in [0.1, 0.15) is 47.6 Å². The molecular formula is C61H75N9O19S. The Morgan fingerprint density at radius 3 is 2.20 bits per heavy atom. The Morgan fingerprint density at radius 1 is 0.911 bits per heavy atom. The van der Waals surface area contributed by atoms with E-state index in [0.717, 1.165) is 37.1 Å². The number of ether oxygens (including phenoxy) is 4. The molecule has 3 aromatic carbocycles. The highest BCUT2D eigenvalue weighted by atomic mass is 32.2. The first-order chi connectivity index (χ1) is 42.7. The molecule has 11 N–H and O–H groups in total. The van der Waals surface area contributed by atoms with Crippen LogP contribution in [0.25, 0.3) is 0 Å². The van der Waals surface area contributed by atoms with Crippen molar-refractivity contribution < 1.29 is 92.4 Å².